The Balaban J connectivity index is 1.36. The maximum absolute atomic E-state index is 13.8. The maximum Gasteiger partial charge on any atom is 0.335 e. The van der Waals surface area contributed by atoms with Crippen LogP contribution in [0.5, 0.6) is 0 Å². The quantitative estimate of drug-likeness (QED) is 0.406. The van der Waals surface area contributed by atoms with Crippen molar-refractivity contribution in [3.05, 3.63) is 59.7 Å². The van der Waals surface area contributed by atoms with Crippen molar-refractivity contribution in [3.8, 4) is 11.1 Å². The Bertz CT molecular complexity index is 1210. The number of hydroxylamine groups is 2. The van der Waals surface area contributed by atoms with E-state index in [1.807, 2.05) is 24.3 Å². The lowest BCUT2D eigenvalue weighted by Crippen LogP contribution is -2.62. The minimum Gasteiger partial charge on any atom is -0.478 e. The van der Waals surface area contributed by atoms with Crippen LogP contribution in [-0.2, 0) is 16.2 Å². The number of rotatable bonds is 8. The van der Waals surface area contributed by atoms with Gasteiger partial charge in [0.2, 0.25) is 5.91 Å². The molecule has 2 aromatic rings. The third-order valence-corrected chi connectivity index (χ3v) is 9.79. The number of carbonyl (C=O) groups is 2. The highest BCUT2D eigenvalue weighted by Gasteiger charge is 2.57. The minimum atomic E-state index is -0.972. The number of carbonyl (C=O) groups excluding carboxylic acids is 1. The highest BCUT2D eigenvalue weighted by atomic mass is 16.7. The first-order valence-corrected chi connectivity index (χ1v) is 14.0. The third-order valence-electron chi connectivity index (χ3n) is 9.79. The van der Waals surface area contributed by atoms with Crippen molar-refractivity contribution in [2.45, 2.75) is 71.4 Å². The summed E-state index contributed by atoms with van der Waals surface area (Å²) in [5, 5.41) is 34.8. The van der Waals surface area contributed by atoms with E-state index >= 15 is 0 Å². The van der Waals surface area contributed by atoms with E-state index in [1.54, 1.807) is 36.3 Å². The van der Waals surface area contributed by atoms with Crippen molar-refractivity contribution in [1.29, 1.82) is 0 Å². The molecule has 1 amide bonds. The van der Waals surface area contributed by atoms with Crippen LogP contribution in [0.25, 0.3) is 11.1 Å². The zero-order chi connectivity index (χ0) is 28.1. The molecule has 1 aliphatic heterocycles. The van der Waals surface area contributed by atoms with E-state index in [1.165, 1.54) is 6.42 Å². The molecular formula is C31H40N2O6. The van der Waals surface area contributed by atoms with Crippen LogP contribution in [-0.4, -0.2) is 63.2 Å². The summed E-state index contributed by atoms with van der Waals surface area (Å²) in [6.07, 6.45) is 0.633. The van der Waals surface area contributed by atoms with Gasteiger partial charge in [-0.05, 0) is 77.8 Å². The standard InChI is InChI=1S/C31H40N2O6/c1-17-24-13-23(31(24,3)4)14-25(17)32-29(36)28-27(18(2)35)26(16-34)39-33(28)15-19-6-5-7-22(12-19)20-8-10-21(11-9-20)30(37)38/h5-12,17-18,23-28,34-35H,13-16H2,1-4H3,(H,32,36)(H,37,38)/t17-,18-,23+,24-,25-,26-,27+,28-/m0/s1. The maximum atomic E-state index is 13.8. The van der Waals surface area contributed by atoms with Gasteiger partial charge in [-0.3, -0.25) is 9.63 Å². The van der Waals surface area contributed by atoms with Gasteiger partial charge in [0.25, 0.3) is 0 Å². The zero-order valence-corrected chi connectivity index (χ0v) is 23.1. The van der Waals surface area contributed by atoms with Gasteiger partial charge in [0.15, 0.2) is 0 Å². The van der Waals surface area contributed by atoms with E-state index in [-0.39, 0.29) is 30.7 Å². The number of nitrogens with one attached hydrogen (secondary N) is 1. The molecule has 0 aromatic heterocycles. The molecule has 1 heterocycles. The lowest BCUT2D eigenvalue weighted by atomic mass is 9.45. The van der Waals surface area contributed by atoms with Gasteiger partial charge in [-0.1, -0.05) is 51.1 Å². The Hall–Kier alpha value is -2.78. The fraction of sp³-hybridized carbons (Fsp3) is 0.548. The predicted molar refractivity (Wildman–Crippen MR) is 146 cm³/mol. The molecule has 0 unspecified atom stereocenters. The first-order valence-electron chi connectivity index (χ1n) is 14.0. The molecule has 8 heteroatoms. The lowest BCUT2D eigenvalue weighted by Gasteiger charge is -2.62. The second-order valence-corrected chi connectivity index (χ2v) is 12.3. The molecule has 4 aliphatic rings. The fourth-order valence-electron chi connectivity index (χ4n) is 7.32. The van der Waals surface area contributed by atoms with Crippen LogP contribution in [0.2, 0.25) is 0 Å². The number of amides is 1. The van der Waals surface area contributed by atoms with Gasteiger partial charge in [0.1, 0.15) is 12.1 Å². The van der Waals surface area contributed by atoms with Crippen LogP contribution in [0.15, 0.2) is 48.5 Å². The Kier molecular flexibility index (Phi) is 7.59. The van der Waals surface area contributed by atoms with Crippen molar-refractivity contribution < 1.29 is 29.7 Å². The van der Waals surface area contributed by atoms with E-state index in [2.05, 4.69) is 26.1 Å². The van der Waals surface area contributed by atoms with Crippen LogP contribution in [0.1, 0.15) is 56.5 Å². The van der Waals surface area contributed by atoms with Gasteiger partial charge >= 0.3 is 5.97 Å². The number of aliphatic hydroxyl groups is 2. The molecule has 2 aromatic carbocycles. The number of nitrogens with zero attached hydrogens (tertiary/aromatic N) is 1. The highest BCUT2D eigenvalue weighted by molar-refractivity contribution is 5.88. The SMILES string of the molecule is C[C@@H]1[C@@H](NC(=O)[C@@H]2[C@H]([C@H](C)O)[C@H](CO)ON2Cc2cccc(-c3ccc(C(=O)O)cc3)c2)C[C@H]2C[C@@H]1C2(C)C. The second-order valence-electron chi connectivity index (χ2n) is 12.3. The highest BCUT2D eigenvalue weighted by Crippen LogP contribution is 2.61. The van der Waals surface area contributed by atoms with Crippen LogP contribution >= 0.6 is 0 Å². The molecular weight excluding hydrogens is 496 g/mol. The van der Waals surface area contributed by atoms with Crippen LogP contribution in [0, 0.1) is 29.1 Å². The molecule has 0 spiro atoms. The van der Waals surface area contributed by atoms with E-state index in [0.29, 0.717) is 23.2 Å². The van der Waals surface area contributed by atoms with Crippen molar-refractivity contribution in [2.75, 3.05) is 6.61 Å². The third kappa shape index (κ3) is 5.11. The predicted octanol–water partition coefficient (Wildman–Crippen LogP) is 3.71. The summed E-state index contributed by atoms with van der Waals surface area (Å²) in [5.74, 6) is -0.166. The summed E-state index contributed by atoms with van der Waals surface area (Å²) < 4.78 is 0. The number of carboxylic acids is 1. The molecule has 210 valence electrons. The largest absolute Gasteiger partial charge is 0.478 e. The molecule has 6 rings (SSSR count). The van der Waals surface area contributed by atoms with E-state index < -0.39 is 30.1 Å². The summed E-state index contributed by atoms with van der Waals surface area (Å²) in [5.41, 5.74) is 3.22. The van der Waals surface area contributed by atoms with Gasteiger partial charge in [0.05, 0.1) is 24.8 Å². The number of fused-ring (bicyclic) bond motifs is 2. The smallest absolute Gasteiger partial charge is 0.335 e. The first kappa shape index (κ1) is 27.8. The van der Waals surface area contributed by atoms with Crippen molar-refractivity contribution >= 4 is 11.9 Å². The van der Waals surface area contributed by atoms with Gasteiger partial charge < -0.3 is 20.6 Å². The topological polar surface area (TPSA) is 119 Å². The average Bonchev–Trinajstić information content (AvgIpc) is 3.28. The van der Waals surface area contributed by atoms with E-state index in [4.69, 9.17) is 4.84 Å². The number of carboxylic acid groups (broad SMARTS) is 1. The van der Waals surface area contributed by atoms with E-state index in [0.717, 1.165) is 23.1 Å². The molecule has 0 radical (unpaired) electrons. The average molecular weight is 537 g/mol. The van der Waals surface area contributed by atoms with Crippen LogP contribution < -0.4 is 5.32 Å². The van der Waals surface area contributed by atoms with Crippen LogP contribution in [0.3, 0.4) is 0 Å². The number of aromatic carboxylic acids is 1. The molecule has 4 N–H and O–H groups in total. The second kappa shape index (κ2) is 10.7. The molecule has 39 heavy (non-hydrogen) atoms. The molecule has 3 saturated carbocycles. The molecule has 1 saturated heterocycles. The summed E-state index contributed by atoms with van der Waals surface area (Å²) in [6, 6.07) is 13.8. The molecule has 3 aliphatic carbocycles. The monoisotopic (exact) mass is 536 g/mol. The van der Waals surface area contributed by atoms with Gasteiger partial charge in [-0.2, -0.15) is 5.06 Å². The Labute approximate surface area is 229 Å². The molecule has 2 bridgehead atoms. The Morgan fingerprint density at radius 1 is 1.13 bits per heavy atom. The molecule has 8 atom stereocenters. The first-order chi connectivity index (χ1) is 18.5. The summed E-state index contributed by atoms with van der Waals surface area (Å²) in [4.78, 5) is 31.1. The Morgan fingerprint density at radius 3 is 2.44 bits per heavy atom. The number of benzene rings is 2. The number of hydrogen-bond donors (Lipinski definition) is 4. The van der Waals surface area contributed by atoms with Gasteiger partial charge in [-0.15, -0.1) is 0 Å². The fourth-order valence-corrected chi connectivity index (χ4v) is 7.32. The Morgan fingerprint density at radius 2 is 1.85 bits per heavy atom. The number of hydrogen-bond acceptors (Lipinski definition) is 6. The molecule has 8 nitrogen and oxygen atoms in total. The lowest BCUT2D eigenvalue weighted by molar-refractivity contribution is -0.183. The normalized spacial score (nSPS) is 32.3. The van der Waals surface area contributed by atoms with Crippen LogP contribution in [0.4, 0.5) is 0 Å². The van der Waals surface area contributed by atoms with Crippen molar-refractivity contribution in [3.63, 3.8) is 0 Å². The zero-order valence-electron chi connectivity index (χ0n) is 23.1. The van der Waals surface area contributed by atoms with E-state index in [9.17, 15) is 24.9 Å². The number of aliphatic hydroxyl groups excluding tert-OH is 2. The minimum absolute atomic E-state index is 0.0797. The molecule has 4 fully saturated rings. The summed E-state index contributed by atoms with van der Waals surface area (Å²) >= 11 is 0. The van der Waals surface area contributed by atoms with Gasteiger partial charge in [-0.25, -0.2) is 4.79 Å². The van der Waals surface area contributed by atoms with Crippen molar-refractivity contribution in [2.24, 2.45) is 29.1 Å². The van der Waals surface area contributed by atoms with Gasteiger partial charge in [0, 0.05) is 12.0 Å². The summed E-state index contributed by atoms with van der Waals surface area (Å²) in [7, 11) is 0. The van der Waals surface area contributed by atoms with Crippen molar-refractivity contribution in [1.82, 2.24) is 10.4 Å². The summed E-state index contributed by atoms with van der Waals surface area (Å²) in [6.45, 7) is 8.52.